The Labute approximate surface area is 85.9 Å². The molecule has 0 saturated carbocycles. The number of thiophene rings is 1. The molecule has 1 aromatic rings. The maximum absolute atomic E-state index is 11.4. The van der Waals surface area contributed by atoms with Gasteiger partial charge in [0.25, 0.3) is 5.91 Å². The Hall–Kier alpha value is -1.36. The van der Waals surface area contributed by atoms with Crippen LogP contribution in [-0.4, -0.2) is 25.5 Å². The summed E-state index contributed by atoms with van der Waals surface area (Å²) in [6.45, 7) is 1.76. The van der Waals surface area contributed by atoms with Crippen molar-refractivity contribution in [1.29, 1.82) is 0 Å². The van der Waals surface area contributed by atoms with Gasteiger partial charge in [-0.05, 0) is 23.9 Å². The number of methoxy groups -OCH3 is 1. The highest BCUT2D eigenvalue weighted by Gasteiger charge is 2.11. The predicted octanol–water partition coefficient (Wildman–Crippen LogP) is 0.959. The molecule has 0 aliphatic carbocycles. The SMILES string of the molecule is COC(=O)CNC(=O)c1sccc1C. The second-order valence-electron chi connectivity index (χ2n) is 2.69. The number of rotatable bonds is 3. The van der Waals surface area contributed by atoms with Crippen LogP contribution in [0.15, 0.2) is 11.4 Å². The second-order valence-corrected chi connectivity index (χ2v) is 3.61. The van der Waals surface area contributed by atoms with E-state index >= 15 is 0 Å². The van der Waals surface area contributed by atoms with Crippen LogP contribution in [0.1, 0.15) is 15.2 Å². The van der Waals surface area contributed by atoms with Crippen molar-refractivity contribution in [3.63, 3.8) is 0 Å². The van der Waals surface area contributed by atoms with Crippen molar-refractivity contribution in [2.24, 2.45) is 0 Å². The molecular formula is C9H11NO3S. The highest BCUT2D eigenvalue weighted by atomic mass is 32.1. The average molecular weight is 213 g/mol. The zero-order valence-corrected chi connectivity index (χ0v) is 8.81. The molecule has 5 heteroatoms. The Kier molecular flexibility index (Phi) is 3.64. The molecule has 0 aliphatic rings. The van der Waals surface area contributed by atoms with E-state index in [9.17, 15) is 9.59 Å². The highest BCUT2D eigenvalue weighted by Crippen LogP contribution is 2.14. The normalized spacial score (nSPS) is 9.57. The van der Waals surface area contributed by atoms with Gasteiger partial charge in [0, 0.05) is 0 Å². The minimum Gasteiger partial charge on any atom is -0.468 e. The minimum atomic E-state index is -0.451. The van der Waals surface area contributed by atoms with E-state index in [1.54, 1.807) is 0 Å². The Morgan fingerprint density at radius 2 is 2.29 bits per heavy atom. The van der Waals surface area contributed by atoms with Gasteiger partial charge in [0.15, 0.2) is 0 Å². The molecule has 1 amide bonds. The lowest BCUT2D eigenvalue weighted by Gasteiger charge is -2.02. The van der Waals surface area contributed by atoms with Crippen LogP contribution in [0.3, 0.4) is 0 Å². The van der Waals surface area contributed by atoms with Crippen LogP contribution >= 0.6 is 11.3 Å². The first-order chi connectivity index (χ1) is 6.65. The van der Waals surface area contributed by atoms with Crippen LogP contribution in [-0.2, 0) is 9.53 Å². The number of hydrogen-bond donors (Lipinski definition) is 1. The summed E-state index contributed by atoms with van der Waals surface area (Å²) in [6, 6.07) is 1.86. The summed E-state index contributed by atoms with van der Waals surface area (Å²) in [5, 5.41) is 4.31. The largest absolute Gasteiger partial charge is 0.468 e. The second kappa shape index (κ2) is 4.76. The lowest BCUT2D eigenvalue weighted by atomic mass is 10.3. The molecule has 14 heavy (non-hydrogen) atoms. The van der Waals surface area contributed by atoms with E-state index in [2.05, 4.69) is 10.1 Å². The fourth-order valence-electron chi connectivity index (χ4n) is 0.910. The van der Waals surface area contributed by atoms with Crippen molar-refractivity contribution in [3.05, 3.63) is 21.9 Å². The first-order valence-electron chi connectivity index (χ1n) is 4.04. The molecule has 0 aromatic carbocycles. The average Bonchev–Trinajstić information content (AvgIpc) is 2.60. The minimum absolute atomic E-state index is 0.0906. The highest BCUT2D eigenvalue weighted by molar-refractivity contribution is 7.12. The van der Waals surface area contributed by atoms with Crippen molar-refractivity contribution in [1.82, 2.24) is 5.32 Å². The third kappa shape index (κ3) is 2.56. The zero-order valence-electron chi connectivity index (χ0n) is 7.99. The molecule has 1 N–H and O–H groups in total. The van der Waals surface area contributed by atoms with Crippen LogP contribution in [0.25, 0.3) is 0 Å². The first-order valence-corrected chi connectivity index (χ1v) is 4.92. The van der Waals surface area contributed by atoms with E-state index in [1.807, 2.05) is 18.4 Å². The molecule has 0 spiro atoms. The van der Waals surface area contributed by atoms with E-state index in [0.717, 1.165) is 5.56 Å². The molecule has 1 heterocycles. The summed E-state index contributed by atoms with van der Waals surface area (Å²) >= 11 is 1.35. The predicted molar refractivity (Wildman–Crippen MR) is 53.4 cm³/mol. The van der Waals surface area contributed by atoms with Crippen LogP contribution in [0.2, 0.25) is 0 Å². The van der Waals surface area contributed by atoms with Gasteiger partial charge in [-0.1, -0.05) is 0 Å². The van der Waals surface area contributed by atoms with Crippen molar-refractivity contribution in [2.45, 2.75) is 6.92 Å². The Morgan fingerprint density at radius 1 is 1.57 bits per heavy atom. The van der Waals surface area contributed by atoms with Crippen LogP contribution in [0, 0.1) is 6.92 Å². The van der Waals surface area contributed by atoms with Gasteiger partial charge in [0.2, 0.25) is 0 Å². The lowest BCUT2D eigenvalue weighted by Crippen LogP contribution is -2.29. The maximum Gasteiger partial charge on any atom is 0.325 e. The van der Waals surface area contributed by atoms with Gasteiger partial charge in [-0.3, -0.25) is 9.59 Å². The molecule has 0 atom stereocenters. The van der Waals surface area contributed by atoms with Gasteiger partial charge in [-0.15, -0.1) is 11.3 Å². The number of carbonyl (C=O) groups excluding carboxylic acids is 2. The summed E-state index contributed by atoms with van der Waals surface area (Å²) in [4.78, 5) is 22.8. The fraction of sp³-hybridized carbons (Fsp3) is 0.333. The van der Waals surface area contributed by atoms with Gasteiger partial charge in [-0.2, -0.15) is 0 Å². The molecule has 0 radical (unpaired) electrons. The van der Waals surface area contributed by atoms with Crippen molar-refractivity contribution < 1.29 is 14.3 Å². The van der Waals surface area contributed by atoms with E-state index in [0.29, 0.717) is 4.88 Å². The third-order valence-corrected chi connectivity index (χ3v) is 2.70. The number of hydrogen-bond acceptors (Lipinski definition) is 4. The quantitative estimate of drug-likeness (QED) is 0.761. The number of carbonyl (C=O) groups is 2. The summed E-state index contributed by atoms with van der Waals surface area (Å²) in [7, 11) is 1.28. The molecule has 76 valence electrons. The molecule has 1 aromatic heterocycles. The van der Waals surface area contributed by atoms with Crippen LogP contribution < -0.4 is 5.32 Å². The first kappa shape index (κ1) is 10.7. The van der Waals surface area contributed by atoms with Crippen molar-refractivity contribution >= 4 is 23.2 Å². The van der Waals surface area contributed by atoms with E-state index < -0.39 is 5.97 Å². The number of amides is 1. The van der Waals surface area contributed by atoms with E-state index in [4.69, 9.17) is 0 Å². The number of esters is 1. The van der Waals surface area contributed by atoms with Crippen molar-refractivity contribution in [3.8, 4) is 0 Å². The molecule has 0 fully saturated rings. The van der Waals surface area contributed by atoms with Crippen LogP contribution in [0.4, 0.5) is 0 Å². The monoisotopic (exact) mass is 213 g/mol. The summed E-state index contributed by atoms with van der Waals surface area (Å²) in [6.07, 6.45) is 0. The lowest BCUT2D eigenvalue weighted by molar-refractivity contribution is -0.139. The van der Waals surface area contributed by atoms with Gasteiger partial charge in [0.1, 0.15) is 6.54 Å². The van der Waals surface area contributed by atoms with Gasteiger partial charge >= 0.3 is 5.97 Å². The molecular weight excluding hydrogens is 202 g/mol. The molecule has 4 nitrogen and oxygen atoms in total. The van der Waals surface area contributed by atoms with Gasteiger partial charge in [-0.25, -0.2) is 0 Å². The molecule has 0 aliphatic heterocycles. The topological polar surface area (TPSA) is 55.4 Å². The van der Waals surface area contributed by atoms with Gasteiger partial charge in [0.05, 0.1) is 12.0 Å². The summed E-state index contributed by atoms with van der Waals surface area (Å²) in [5.41, 5.74) is 0.914. The molecule has 0 saturated heterocycles. The van der Waals surface area contributed by atoms with Crippen molar-refractivity contribution in [2.75, 3.05) is 13.7 Å². The van der Waals surface area contributed by atoms with Gasteiger partial charge < -0.3 is 10.1 Å². The Balaban J connectivity index is 2.52. The Morgan fingerprint density at radius 3 is 2.79 bits per heavy atom. The Bertz CT molecular complexity index is 346. The number of aryl methyl sites for hydroxylation is 1. The van der Waals surface area contributed by atoms with E-state index in [1.165, 1.54) is 18.4 Å². The fourth-order valence-corrected chi connectivity index (χ4v) is 1.75. The molecule has 1 rings (SSSR count). The third-order valence-electron chi connectivity index (χ3n) is 1.69. The van der Waals surface area contributed by atoms with Crippen LogP contribution in [0.5, 0.6) is 0 Å². The molecule has 0 bridgehead atoms. The summed E-state index contributed by atoms with van der Waals surface area (Å²) < 4.78 is 4.40. The van der Waals surface area contributed by atoms with E-state index in [-0.39, 0.29) is 12.5 Å². The maximum atomic E-state index is 11.4. The number of ether oxygens (including phenoxy) is 1. The zero-order chi connectivity index (χ0) is 10.6. The standard InChI is InChI=1S/C9H11NO3S/c1-6-3-4-14-8(6)9(12)10-5-7(11)13-2/h3-4H,5H2,1-2H3,(H,10,12). The summed E-state index contributed by atoms with van der Waals surface area (Å²) in [5.74, 6) is -0.685. The molecule has 0 unspecified atom stereocenters. The number of nitrogens with one attached hydrogen (secondary N) is 1. The smallest absolute Gasteiger partial charge is 0.325 e.